The Morgan fingerprint density at radius 2 is 2.21 bits per heavy atom. The van der Waals surface area contributed by atoms with E-state index in [1.165, 1.54) is 0 Å². The van der Waals surface area contributed by atoms with Crippen molar-refractivity contribution in [2.24, 2.45) is 0 Å². The largest absolute Gasteiger partial charge is 0.408 e. The maximum Gasteiger partial charge on any atom is 0.408 e. The molecule has 0 saturated heterocycles. The Hall–Kier alpha value is -1.09. The third-order valence-electron chi connectivity index (χ3n) is 2.28. The highest BCUT2D eigenvalue weighted by molar-refractivity contribution is 9.10. The van der Waals surface area contributed by atoms with Crippen molar-refractivity contribution in [3.05, 3.63) is 21.0 Å². The molecule has 9 heteroatoms. The molecule has 19 heavy (non-hydrogen) atoms. The van der Waals surface area contributed by atoms with Crippen LogP contribution >= 0.6 is 15.9 Å². The van der Waals surface area contributed by atoms with Gasteiger partial charge in [-0.05, 0) is 29.3 Å². The summed E-state index contributed by atoms with van der Waals surface area (Å²) in [5.74, 6) is 0. The smallest absolute Gasteiger partial charge is 0.396 e. The Morgan fingerprint density at radius 3 is 2.74 bits per heavy atom. The van der Waals surface area contributed by atoms with Crippen molar-refractivity contribution >= 4 is 21.6 Å². The minimum atomic E-state index is -4.50. The molecule has 0 saturated carbocycles. The van der Waals surface area contributed by atoms with Gasteiger partial charge in [-0.1, -0.05) is 0 Å². The van der Waals surface area contributed by atoms with Crippen LogP contribution in [0.25, 0.3) is 0 Å². The molecule has 0 aliphatic rings. The van der Waals surface area contributed by atoms with Crippen LogP contribution in [0.3, 0.4) is 0 Å². The van der Waals surface area contributed by atoms with Gasteiger partial charge in [0.25, 0.3) is 5.56 Å². The van der Waals surface area contributed by atoms with Gasteiger partial charge in [-0.3, -0.25) is 4.79 Å². The van der Waals surface area contributed by atoms with Crippen LogP contribution in [-0.2, 0) is 6.54 Å². The molecule has 0 aromatic carbocycles. The second-order valence-corrected chi connectivity index (χ2v) is 4.80. The Balaban J connectivity index is 2.95. The van der Waals surface area contributed by atoms with E-state index < -0.39 is 18.3 Å². The first-order chi connectivity index (χ1) is 8.74. The van der Waals surface area contributed by atoms with Crippen molar-refractivity contribution in [3.63, 3.8) is 0 Å². The second kappa shape index (κ2) is 6.38. The lowest BCUT2D eigenvalue weighted by Gasteiger charge is -2.16. The second-order valence-electron chi connectivity index (χ2n) is 4.01. The van der Waals surface area contributed by atoms with Crippen molar-refractivity contribution in [2.45, 2.75) is 32.1 Å². The van der Waals surface area contributed by atoms with E-state index in [1.54, 1.807) is 6.92 Å². The Bertz CT molecular complexity index is 490. The van der Waals surface area contributed by atoms with E-state index in [4.69, 9.17) is 5.11 Å². The molecule has 1 unspecified atom stereocenters. The quantitative estimate of drug-likeness (QED) is 0.854. The van der Waals surface area contributed by atoms with Gasteiger partial charge in [-0.2, -0.15) is 18.3 Å². The lowest BCUT2D eigenvalue weighted by Crippen LogP contribution is -2.31. The van der Waals surface area contributed by atoms with E-state index in [0.29, 0.717) is 16.8 Å². The molecular formula is C10H13BrF3N3O2. The number of halogens is 4. The maximum absolute atomic E-state index is 12.2. The number of aliphatic hydroxyl groups excluding tert-OH is 1. The van der Waals surface area contributed by atoms with Crippen molar-refractivity contribution in [1.82, 2.24) is 9.78 Å². The van der Waals surface area contributed by atoms with Crippen LogP contribution in [0.5, 0.6) is 0 Å². The number of aliphatic hydroxyl groups is 1. The zero-order chi connectivity index (χ0) is 14.6. The summed E-state index contributed by atoms with van der Waals surface area (Å²) < 4.78 is 36.9. The van der Waals surface area contributed by atoms with Crippen molar-refractivity contribution in [2.75, 3.05) is 11.9 Å². The SMILES string of the molecule is CC(CCO)Nc1cnn(CC(F)(F)F)c(=O)c1Br. The van der Waals surface area contributed by atoms with Crippen molar-refractivity contribution in [3.8, 4) is 0 Å². The van der Waals surface area contributed by atoms with Gasteiger partial charge in [0.05, 0.1) is 11.9 Å². The predicted molar refractivity (Wildman–Crippen MR) is 67.0 cm³/mol. The lowest BCUT2D eigenvalue weighted by molar-refractivity contribution is -0.143. The summed E-state index contributed by atoms with van der Waals surface area (Å²) >= 11 is 2.95. The van der Waals surface area contributed by atoms with E-state index in [0.717, 1.165) is 6.20 Å². The Morgan fingerprint density at radius 1 is 1.58 bits per heavy atom. The van der Waals surface area contributed by atoms with Gasteiger partial charge >= 0.3 is 6.18 Å². The highest BCUT2D eigenvalue weighted by Gasteiger charge is 2.29. The minimum Gasteiger partial charge on any atom is -0.396 e. The van der Waals surface area contributed by atoms with Gasteiger partial charge in [-0.25, -0.2) is 4.68 Å². The Kier molecular flexibility index (Phi) is 5.36. The average Bonchev–Trinajstić information content (AvgIpc) is 2.28. The number of anilines is 1. The average molecular weight is 344 g/mol. The molecule has 5 nitrogen and oxygen atoms in total. The van der Waals surface area contributed by atoms with E-state index in [2.05, 4.69) is 26.3 Å². The first kappa shape index (κ1) is 16.0. The van der Waals surface area contributed by atoms with E-state index in [9.17, 15) is 18.0 Å². The van der Waals surface area contributed by atoms with Crippen LogP contribution in [-0.4, -0.2) is 33.7 Å². The monoisotopic (exact) mass is 343 g/mol. The van der Waals surface area contributed by atoms with Gasteiger partial charge in [-0.15, -0.1) is 0 Å². The highest BCUT2D eigenvalue weighted by Crippen LogP contribution is 2.20. The summed E-state index contributed by atoms with van der Waals surface area (Å²) in [6.45, 7) is 0.297. The highest BCUT2D eigenvalue weighted by atomic mass is 79.9. The predicted octanol–water partition coefficient (Wildman–Crippen LogP) is 1.75. The van der Waals surface area contributed by atoms with Gasteiger partial charge in [0.1, 0.15) is 11.0 Å². The molecule has 108 valence electrons. The molecule has 0 aliphatic carbocycles. The topological polar surface area (TPSA) is 67.2 Å². The summed E-state index contributed by atoms with van der Waals surface area (Å²) in [5.41, 5.74) is -0.567. The van der Waals surface area contributed by atoms with E-state index in [-0.39, 0.29) is 17.1 Å². The molecule has 1 heterocycles. The molecule has 0 bridgehead atoms. The molecule has 1 aromatic rings. The molecule has 2 N–H and O–H groups in total. The summed E-state index contributed by atoms with van der Waals surface area (Å²) in [6.07, 6.45) is -2.92. The summed E-state index contributed by atoms with van der Waals surface area (Å²) in [6, 6.07) is -0.138. The minimum absolute atomic E-state index is 0.0171. The van der Waals surface area contributed by atoms with Gasteiger partial charge in [0, 0.05) is 12.6 Å². The number of nitrogens with zero attached hydrogens (tertiary/aromatic N) is 2. The van der Waals surface area contributed by atoms with Gasteiger partial charge in [0.15, 0.2) is 0 Å². The van der Waals surface area contributed by atoms with Crippen LogP contribution in [0.2, 0.25) is 0 Å². The van der Waals surface area contributed by atoms with Crippen LogP contribution in [0.15, 0.2) is 15.5 Å². The molecule has 1 atom stereocenters. The first-order valence-corrected chi connectivity index (χ1v) is 6.23. The van der Waals surface area contributed by atoms with Crippen LogP contribution in [0, 0.1) is 0 Å². The third-order valence-corrected chi connectivity index (χ3v) is 3.04. The van der Waals surface area contributed by atoms with Crippen LogP contribution in [0.4, 0.5) is 18.9 Å². The fourth-order valence-electron chi connectivity index (χ4n) is 1.38. The number of hydrogen-bond acceptors (Lipinski definition) is 4. The van der Waals surface area contributed by atoms with E-state index in [1.807, 2.05) is 0 Å². The number of alkyl halides is 3. The summed E-state index contributed by atoms with van der Waals surface area (Å²) in [7, 11) is 0. The standard InChI is InChI=1S/C10H13BrF3N3O2/c1-6(2-3-18)16-7-4-15-17(5-10(12,13)14)9(19)8(7)11/h4,6,16,18H,2-3,5H2,1H3. The number of aromatic nitrogens is 2. The number of hydrogen-bond donors (Lipinski definition) is 2. The number of rotatable bonds is 5. The van der Waals surface area contributed by atoms with Gasteiger partial charge < -0.3 is 10.4 Å². The van der Waals surface area contributed by atoms with Gasteiger partial charge in [0.2, 0.25) is 0 Å². The summed E-state index contributed by atoms with van der Waals surface area (Å²) in [4.78, 5) is 11.7. The lowest BCUT2D eigenvalue weighted by atomic mass is 10.2. The fourth-order valence-corrected chi connectivity index (χ4v) is 1.80. The maximum atomic E-state index is 12.2. The molecule has 0 fully saturated rings. The van der Waals surface area contributed by atoms with Crippen molar-refractivity contribution < 1.29 is 18.3 Å². The third kappa shape index (κ3) is 4.83. The van der Waals surface area contributed by atoms with Crippen LogP contribution < -0.4 is 10.9 Å². The molecular weight excluding hydrogens is 331 g/mol. The molecule has 0 radical (unpaired) electrons. The molecule has 1 rings (SSSR count). The zero-order valence-corrected chi connectivity index (χ0v) is 11.6. The normalized spacial score (nSPS) is 13.4. The van der Waals surface area contributed by atoms with E-state index >= 15 is 0 Å². The molecule has 0 aliphatic heterocycles. The fraction of sp³-hybridized carbons (Fsp3) is 0.600. The molecule has 0 amide bonds. The van der Waals surface area contributed by atoms with Crippen molar-refractivity contribution in [1.29, 1.82) is 0 Å². The van der Waals surface area contributed by atoms with Crippen LogP contribution in [0.1, 0.15) is 13.3 Å². The zero-order valence-electron chi connectivity index (χ0n) is 10.0. The molecule has 0 spiro atoms. The Labute approximate surface area is 115 Å². The number of nitrogens with one attached hydrogen (secondary N) is 1. The summed E-state index contributed by atoms with van der Waals surface area (Å²) in [5, 5.41) is 15.1. The first-order valence-electron chi connectivity index (χ1n) is 5.44. The molecule has 1 aromatic heterocycles.